The zero-order valence-electron chi connectivity index (χ0n) is 6.49. The molecule has 3 N–H and O–H groups in total. The van der Waals surface area contributed by atoms with Crippen molar-refractivity contribution in [1.29, 1.82) is 0 Å². The Morgan fingerprint density at radius 2 is 2.33 bits per heavy atom. The number of nitrogens with zero attached hydrogens (tertiary/aromatic N) is 1. The van der Waals surface area contributed by atoms with Crippen LogP contribution in [0.25, 0.3) is 11.5 Å². The third kappa shape index (κ3) is 1.12. The molecule has 0 aliphatic heterocycles. The molecular formula is C8H9N2O2+. The molecule has 0 aliphatic carbocycles. The lowest BCUT2D eigenvalue weighted by Crippen LogP contribution is -2.47. The Kier molecular flexibility index (Phi) is 1.68. The first kappa shape index (κ1) is 7.12. The zero-order valence-corrected chi connectivity index (χ0v) is 6.49. The first-order valence-electron chi connectivity index (χ1n) is 3.69. The zero-order chi connectivity index (χ0) is 8.39. The van der Waals surface area contributed by atoms with Gasteiger partial charge < -0.3 is 14.7 Å². The molecule has 0 aromatic carbocycles. The van der Waals surface area contributed by atoms with E-state index < -0.39 is 0 Å². The molecule has 0 bridgehead atoms. The molecule has 0 aliphatic rings. The van der Waals surface area contributed by atoms with Crippen LogP contribution in [0.3, 0.4) is 0 Å². The summed E-state index contributed by atoms with van der Waals surface area (Å²) in [4.78, 5) is 0. The second-order valence-electron chi connectivity index (χ2n) is 2.41. The molecule has 4 nitrogen and oxygen atoms in total. The Bertz CT molecular complexity index is 351. The van der Waals surface area contributed by atoms with E-state index in [1.165, 1.54) is 0 Å². The monoisotopic (exact) mass is 165 g/mol. The van der Waals surface area contributed by atoms with Gasteiger partial charge in [-0.2, -0.15) is 0 Å². The van der Waals surface area contributed by atoms with E-state index in [1.54, 1.807) is 6.26 Å². The fourth-order valence-electron chi connectivity index (χ4n) is 0.965. The predicted molar refractivity (Wildman–Crippen MR) is 40.8 cm³/mol. The Morgan fingerprint density at radius 3 is 2.92 bits per heavy atom. The molecule has 0 spiro atoms. The van der Waals surface area contributed by atoms with Crippen LogP contribution in [0, 0.1) is 0 Å². The number of rotatable bonds is 2. The highest BCUT2D eigenvalue weighted by Crippen LogP contribution is 2.19. The van der Waals surface area contributed by atoms with Gasteiger partial charge in [-0.05, 0) is 12.1 Å². The standard InChI is InChI=1S/C8H8N2O2/c9-5-6-4-8(12-10-6)7-2-1-3-11-7/h1-4H,5,9H2/p+1. The van der Waals surface area contributed by atoms with E-state index >= 15 is 0 Å². The van der Waals surface area contributed by atoms with E-state index in [0.717, 1.165) is 5.69 Å². The van der Waals surface area contributed by atoms with Crippen molar-refractivity contribution < 1.29 is 14.7 Å². The van der Waals surface area contributed by atoms with Gasteiger partial charge in [0, 0.05) is 6.07 Å². The fourth-order valence-corrected chi connectivity index (χ4v) is 0.965. The van der Waals surface area contributed by atoms with Crippen molar-refractivity contribution in [3.05, 3.63) is 30.2 Å². The van der Waals surface area contributed by atoms with Crippen molar-refractivity contribution in [2.24, 2.45) is 0 Å². The maximum Gasteiger partial charge on any atom is 0.202 e. The second kappa shape index (κ2) is 2.83. The summed E-state index contributed by atoms with van der Waals surface area (Å²) in [5, 5.41) is 3.79. The molecule has 0 fully saturated rings. The van der Waals surface area contributed by atoms with Crippen LogP contribution in [-0.4, -0.2) is 5.16 Å². The first-order valence-corrected chi connectivity index (χ1v) is 3.69. The number of aromatic nitrogens is 1. The van der Waals surface area contributed by atoms with E-state index in [2.05, 4.69) is 10.9 Å². The van der Waals surface area contributed by atoms with Gasteiger partial charge in [-0.3, -0.25) is 0 Å². The predicted octanol–water partition coefficient (Wildman–Crippen LogP) is 0.677. The summed E-state index contributed by atoms with van der Waals surface area (Å²) in [6.07, 6.45) is 1.60. The van der Waals surface area contributed by atoms with Crippen LogP contribution in [0.4, 0.5) is 0 Å². The van der Waals surface area contributed by atoms with Crippen LogP contribution < -0.4 is 5.73 Å². The van der Waals surface area contributed by atoms with E-state index in [1.807, 2.05) is 18.2 Å². The molecule has 4 heteroatoms. The van der Waals surface area contributed by atoms with Gasteiger partial charge in [0.25, 0.3) is 0 Å². The third-order valence-electron chi connectivity index (χ3n) is 1.58. The lowest BCUT2D eigenvalue weighted by atomic mass is 10.3. The van der Waals surface area contributed by atoms with Crippen molar-refractivity contribution >= 4 is 0 Å². The minimum Gasteiger partial charge on any atom is -0.461 e. The van der Waals surface area contributed by atoms with Gasteiger partial charge in [0.05, 0.1) is 6.26 Å². The Hall–Kier alpha value is -1.55. The van der Waals surface area contributed by atoms with Gasteiger partial charge in [0.1, 0.15) is 12.2 Å². The van der Waals surface area contributed by atoms with Gasteiger partial charge in [0.2, 0.25) is 5.76 Å². The summed E-state index contributed by atoms with van der Waals surface area (Å²) in [7, 11) is 0. The Morgan fingerprint density at radius 1 is 1.42 bits per heavy atom. The van der Waals surface area contributed by atoms with Crippen molar-refractivity contribution in [2.45, 2.75) is 6.54 Å². The average molecular weight is 165 g/mol. The molecule has 2 rings (SSSR count). The molecule has 0 amide bonds. The van der Waals surface area contributed by atoms with E-state index in [-0.39, 0.29) is 0 Å². The molecule has 0 saturated heterocycles. The van der Waals surface area contributed by atoms with Crippen LogP contribution in [0.1, 0.15) is 5.69 Å². The van der Waals surface area contributed by atoms with Gasteiger partial charge in [-0.1, -0.05) is 5.16 Å². The largest absolute Gasteiger partial charge is 0.461 e. The van der Waals surface area contributed by atoms with E-state index in [4.69, 9.17) is 8.94 Å². The molecule has 0 radical (unpaired) electrons. The molecule has 62 valence electrons. The number of quaternary nitrogens is 1. The Balaban J connectivity index is 2.35. The van der Waals surface area contributed by atoms with Crippen molar-refractivity contribution in [2.75, 3.05) is 0 Å². The van der Waals surface area contributed by atoms with Gasteiger partial charge >= 0.3 is 0 Å². The normalized spacial score (nSPS) is 10.4. The molecule has 2 aromatic heterocycles. The van der Waals surface area contributed by atoms with Crippen molar-refractivity contribution in [3.63, 3.8) is 0 Å². The third-order valence-corrected chi connectivity index (χ3v) is 1.58. The highest BCUT2D eigenvalue weighted by Gasteiger charge is 2.07. The summed E-state index contributed by atoms with van der Waals surface area (Å²) in [5.41, 5.74) is 4.53. The first-order chi connectivity index (χ1) is 5.90. The molecular weight excluding hydrogens is 156 g/mol. The van der Waals surface area contributed by atoms with Crippen molar-refractivity contribution in [3.8, 4) is 11.5 Å². The maximum atomic E-state index is 5.12. The van der Waals surface area contributed by atoms with Crippen LogP contribution in [0.5, 0.6) is 0 Å². The van der Waals surface area contributed by atoms with Crippen LogP contribution in [-0.2, 0) is 6.54 Å². The molecule has 2 aromatic rings. The van der Waals surface area contributed by atoms with Gasteiger partial charge in [-0.15, -0.1) is 0 Å². The van der Waals surface area contributed by atoms with Gasteiger partial charge in [-0.25, -0.2) is 0 Å². The SMILES string of the molecule is [NH3+]Cc1cc(-c2ccco2)on1. The van der Waals surface area contributed by atoms with Gasteiger partial charge in [0.15, 0.2) is 5.76 Å². The maximum absolute atomic E-state index is 5.12. The van der Waals surface area contributed by atoms with Crippen LogP contribution in [0.15, 0.2) is 33.4 Å². The van der Waals surface area contributed by atoms with E-state index in [0.29, 0.717) is 18.1 Å². The number of furan rings is 1. The summed E-state index contributed by atoms with van der Waals surface area (Å²) in [5.74, 6) is 1.35. The highest BCUT2D eigenvalue weighted by atomic mass is 16.5. The minimum atomic E-state index is 0.629. The lowest BCUT2D eigenvalue weighted by molar-refractivity contribution is -0.387. The number of hydrogen-bond acceptors (Lipinski definition) is 3. The van der Waals surface area contributed by atoms with Crippen LogP contribution in [0.2, 0.25) is 0 Å². The minimum absolute atomic E-state index is 0.629. The van der Waals surface area contributed by atoms with Crippen LogP contribution >= 0.6 is 0 Å². The van der Waals surface area contributed by atoms with E-state index in [9.17, 15) is 0 Å². The summed E-state index contributed by atoms with van der Waals surface area (Å²) < 4.78 is 10.1. The highest BCUT2D eigenvalue weighted by molar-refractivity contribution is 5.49. The van der Waals surface area contributed by atoms with Crippen molar-refractivity contribution in [1.82, 2.24) is 5.16 Å². The Labute approximate surface area is 69.0 Å². The molecule has 2 heterocycles. The summed E-state index contributed by atoms with van der Waals surface area (Å²) in [6, 6.07) is 5.46. The molecule has 0 saturated carbocycles. The quantitative estimate of drug-likeness (QED) is 0.711. The smallest absolute Gasteiger partial charge is 0.202 e. The number of hydrogen-bond donors (Lipinski definition) is 1. The molecule has 0 unspecified atom stereocenters. The summed E-state index contributed by atoms with van der Waals surface area (Å²) >= 11 is 0. The second-order valence-corrected chi connectivity index (χ2v) is 2.41. The topological polar surface area (TPSA) is 66.8 Å². The summed E-state index contributed by atoms with van der Waals surface area (Å²) in [6.45, 7) is 0.629. The molecule has 12 heavy (non-hydrogen) atoms. The molecule has 0 atom stereocenters. The average Bonchev–Trinajstić information content (AvgIpc) is 2.75. The fraction of sp³-hybridized carbons (Fsp3) is 0.125. The lowest BCUT2D eigenvalue weighted by Gasteiger charge is -1.82.